The van der Waals surface area contributed by atoms with Crippen LogP contribution in [0.3, 0.4) is 0 Å². The number of ether oxygens (including phenoxy) is 1. The number of hydrogen-bond donors (Lipinski definition) is 2. The van der Waals surface area contributed by atoms with Crippen molar-refractivity contribution in [2.75, 3.05) is 13.7 Å². The van der Waals surface area contributed by atoms with Crippen molar-refractivity contribution in [3.05, 3.63) is 0 Å². The SMILES string of the molecule is COC(=O)C1(NC(=O)CCCN)CCC(C)CC1. The van der Waals surface area contributed by atoms with Crippen molar-refractivity contribution in [3.63, 3.8) is 0 Å². The molecule has 0 aromatic heterocycles. The highest BCUT2D eigenvalue weighted by atomic mass is 16.5. The monoisotopic (exact) mass is 256 g/mol. The molecular weight excluding hydrogens is 232 g/mol. The van der Waals surface area contributed by atoms with E-state index < -0.39 is 5.54 Å². The van der Waals surface area contributed by atoms with Crippen LogP contribution in [0, 0.1) is 5.92 Å². The summed E-state index contributed by atoms with van der Waals surface area (Å²) >= 11 is 0. The summed E-state index contributed by atoms with van der Waals surface area (Å²) in [6, 6.07) is 0. The molecule has 0 aromatic rings. The third-order valence-electron chi connectivity index (χ3n) is 3.69. The number of nitrogens with one attached hydrogen (secondary N) is 1. The zero-order valence-corrected chi connectivity index (χ0v) is 11.3. The zero-order chi connectivity index (χ0) is 13.6. The van der Waals surface area contributed by atoms with Crippen molar-refractivity contribution in [2.45, 2.75) is 51.0 Å². The van der Waals surface area contributed by atoms with Crippen molar-refractivity contribution in [2.24, 2.45) is 11.7 Å². The maximum Gasteiger partial charge on any atom is 0.331 e. The van der Waals surface area contributed by atoms with Crippen molar-refractivity contribution in [1.29, 1.82) is 0 Å². The van der Waals surface area contributed by atoms with Crippen LogP contribution in [0.1, 0.15) is 45.4 Å². The predicted octanol–water partition coefficient (Wildman–Crippen LogP) is 0.963. The van der Waals surface area contributed by atoms with Crippen LogP contribution in [-0.2, 0) is 14.3 Å². The average molecular weight is 256 g/mol. The Morgan fingerprint density at radius 2 is 2.00 bits per heavy atom. The maximum absolute atomic E-state index is 11.9. The minimum Gasteiger partial charge on any atom is -0.467 e. The second-order valence-corrected chi connectivity index (χ2v) is 5.20. The van der Waals surface area contributed by atoms with E-state index in [2.05, 4.69) is 12.2 Å². The molecule has 0 saturated heterocycles. The van der Waals surface area contributed by atoms with Gasteiger partial charge in [-0.2, -0.15) is 0 Å². The highest BCUT2D eigenvalue weighted by molar-refractivity contribution is 5.88. The van der Waals surface area contributed by atoms with Crippen LogP contribution >= 0.6 is 0 Å². The largest absolute Gasteiger partial charge is 0.467 e. The highest BCUT2D eigenvalue weighted by Crippen LogP contribution is 2.32. The van der Waals surface area contributed by atoms with E-state index >= 15 is 0 Å². The summed E-state index contributed by atoms with van der Waals surface area (Å²) in [5, 5.41) is 2.87. The molecule has 0 spiro atoms. The van der Waals surface area contributed by atoms with Gasteiger partial charge in [0.15, 0.2) is 0 Å². The van der Waals surface area contributed by atoms with Gasteiger partial charge in [-0.1, -0.05) is 6.92 Å². The van der Waals surface area contributed by atoms with Crippen LogP contribution in [0.25, 0.3) is 0 Å². The summed E-state index contributed by atoms with van der Waals surface area (Å²) in [4.78, 5) is 23.7. The first-order valence-corrected chi connectivity index (χ1v) is 6.63. The van der Waals surface area contributed by atoms with Crippen molar-refractivity contribution >= 4 is 11.9 Å². The summed E-state index contributed by atoms with van der Waals surface area (Å²) < 4.78 is 4.86. The highest BCUT2D eigenvalue weighted by Gasteiger charge is 2.43. The molecule has 5 heteroatoms. The first kappa shape index (κ1) is 15.0. The molecule has 0 heterocycles. The van der Waals surface area contributed by atoms with Gasteiger partial charge in [0.05, 0.1) is 7.11 Å². The fourth-order valence-corrected chi connectivity index (χ4v) is 2.42. The van der Waals surface area contributed by atoms with Crippen LogP contribution in [0.5, 0.6) is 0 Å². The third kappa shape index (κ3) is 3.70. The number of hydrogen-bond acceptors (Lipinski definition) is 4. The Labute approximate surface area is 108 Å². The summed E-state index contributed by atoms with van der Waals surface area (Å²) in [5.74, 6) is 0.166. The van der Waals surface area contributed by atoms with Crippen LogP contribution in [0.15, 0.2) is 0 Å². The lowest BCUT2D eigenvalue weighted by Gasteiger charge is -2.37. The van der Waals surface area contributed by atoms with Crippen molar-refractivity contribution in [1.82, 2.24) is 5.32 Å². The quantitative estimate of drug-likeness (QED) is 0.718. The van der Waals surface area contributed by atoms with Crippen LogP contribution in [0.4, 0.5) is 0 Å². The van der Waals surface area contributed by atoms with E-state index in [1.165, 1.54) is 7.11 Å². The van der Waals surface area contributed by atoms with Gasteiger partial charge in [0.2, 0.25) is 5.91 Å². The number of amides is 1. The van der Waals surface area contributed by atoms with E-state index in [1.54, 1.807) is 0 Å². The lowest BCUT2D eigenvalue weighted by Crippen LogP contribution is -2.56. The Bertz CT molecular complexity index is 297. The molecule has 0 atom stereocenters. The number of nitrogens with two attached hydrogens (primary N) is 1. The van der Waals surface area contributed by atoms with Gasteiger partial charge >= 0.3 is 5.97 Å². The number of carbonyl (C=O) groups excluding carboxylic acids is 2. The Hall–Kier alpha value is -1.10. The van der Waals surface area contributed by atoms with Gasteiger partial charge in [-0.25, -0.2) is 4.79 Å². The molecule has 5 nitrogen and oxygen atoms in total. The van der Waals surface area contributed by atoms with Gasteiger partial charge in [0, 0.05) is 6.42 Å². The van der Waals surface area contributed by atoms with Gasteiger partial charge < -0.3 is 15.8 Å². The predicted molar refractivity (Wildman–Crippen MR) is 68.8 cm³/mol. The number of rotatable bonds is 5. The number of methoxy groups -OCH3 is 1. The lowest BCUT2D eigenvalue weighted by atomic mass is 9.77. The molecule has 1 saturated carbocycles. The Morgan fingerprint density at radius 3 is 2.50 bits per heavy atom. The minimum atomic E-state index is -0.813. The molecule has 1 rings (SSSR count). The van der Waals surface area contributed by atoms with Crippen molar-refractivity contribution in [3.8, 4) is 0 Å². The standard InChI is InChI=1S/C13H24N2O3/c1-10-5-7-13(8-6-10,12(17)18-2)15-11(16)4-3-9-14/h10H,3-9,14H2,1-2H3,(H,15,16). The Morgan fingerprint density at radius 1 is 1.39 bits per heavy atom. The average Bonchev–Trinajstić information content (AvgIpc) is 2.38. The molecule has 3 N–H and O–H groups in total. The minimum absolute atomic E-state index is 0.111. The Balaban J connectivity index is 2.67. The van der Waals surface area contributed by atoms with Crippen LogP contribution < -0.4 is 11.1 Å². The van der Waals surface area contributed by atoms with E-state index in [0.717, 1.165) is 12.8 Å². The molecule has 0 bridgehead atoms. The van der Waals surface area contributed by atoms with Gasteiger partial charge in [-0.15, -0.1) is 0 Å². The molecule has 104 valence electrons. The van der Waals surface area contributed by atoms with Crippen molar-refractivity contribution < 1.29 is 14.3 Å². The number of carbonyl (C=O) groups is 2. The molecule has 1 aliphatic rings. The van der Waals surface area contributed by atoms with E-state index in [1.807, 2.05) is 0 Å². The van der Waals surface area contributed by atoms with Crippen LogP contribution in [0.2, 0.25) is 0 Å². The lowest BCUT2D eigenvalue weighted by molar-refractivity contribution is -0.153. The van der Waals surface area contributed by atoms with Gasteiger partial charge in [0.1, 0.15) is 5.54 Å². The van der Waals surface area contributed by atoms with Gasteiger partial charge in [-0.05, 0) is 44.6 Å². The molecule has 1 fully saturated rings. The topological polar surface area (TPSA) is 81.4 Å². The van der Waals surface area contributed by atoms with E-state index in [0.29, 0.717) is 38.1 Å². The summed E-state index contributed by atoms with van der Waals surface area (Å²) in [6.45, 7) is 2.65. The molecule has 1 aliphatic carbocycles. The van der Waals surface area contributed by atoms with E-state index in [-0.39, 0.29) is 11.9 Å². The normalized spacial score (nSPS) is 27.6. The maximum atomic E-state index is 11.9. The van der Waals surface area contributed by atoms with E-state index in [9.17, 15) is 9.59 Å². The van der Waals surface area contributed by atoms with Gasteiger partial charge in [-0.3, -0.25) is 4.79 Å². The molecule has 0 aliphatic heterocycles. The Kier molecular flexibility index (Phi) is 5.59. The van der Waals surface area contributed by atoms with Crippen LogP contribution in [-0.4, -0.2) is 31.1 Å². The first-order chi connectivity index (χ1) is 8.54. The first-order valence-electron chi connectivity index (χ1n) is 6.63. The second kappa shape index (κ2) is 6.73. The summed E-state index contributed by atoms with van der Waals surface area (Å²) in [6.07, 6.45) is 4.20. The molecule has 1 amide bonds. The number of esters is 1. The summed E-state index contributed by atoms with van der Waals surface area (Å²) in [5.41, 5.74) is 4.56. The fraction of sp³-hybridized carbons (Fsp3) is 0.846. The fourth-order valence-electron chi connectivity index (χ4n) is 2.42. The molecule has 0 aromatic carbocycles. The van der Waals surface area contributed by atoms with E-state index in [4.69, 9.17) is 10.5 Å². The second-order valence-electron chi connectivity index (χ2n) is 5.20. The molecule has 0 radical (unpaired) electrons. The summed E-state index contributed by atoms with van der Waals surface area (Å²) in [7, 11) is 1.37. The molecule has 18 heavy (non-hydrogen) atoms. The molecular formula is C13H24N2O3. The molecule has 0 unspecified atom stereocenters. The third-order valence-corrected chi connectivity index (χ3v) is 3.69. The van der Waals surface area contributed by atoms with Gasteiger partial charge in [0.25, 0.3) is 0 Å². The smallest absolute Gasteiger partial charge is 0.331 e. The zero-order valence-electron chi connectivity index (χ0n) is 11.3.